The maximum Gasteiger partial charge on any atom is 0.245 e. The number of halogens is 1. The molecule has 0 aromatic heterocycles. The Hall–Kier alpha value is -1.46. The molecule has 1 saturated heterocycles. The minimum absolute atomic E-state index is 0.0799. The van der Waals surface area contributed by atoms with Crippen LogP contribution in [-0.2, 0) is 16.1 Å². The number of hydrogen-bond acceptors (Lipinski definition) is 3. The number of piperidine rings is 1. The van der Waals surface area contributed by atoms with Gasteiger partial charge in [-0.1, -0.05) is 18.2 Å². The number of methoxy groups -OCH3 is 1. The number of nitrogens with zero attached hydrogens (tertiary/aromatic N) is 1. The lowest BCUT2D eigenvalue weighted by Crippen LogP contribution is -2.41. The lowest BCUT2D eigenvalue weighted by Gasteiger charge is -2.32. The normalized spacial score (nSPS) is 19.4. The summed E-state index contributed by atoms with van der Waals surface area (Å²) in [6.07, 6.45) is 2.18. The summed E-state index contributed by atoms with van der Waals surface area (Å²) >= 11 is 0. The van der Waals surface area contributed by atoms with Crippen molar-refractivity contribution >= 4 is 5.91 Å². The van der Waals surface area contributed by atoms with Crippen LogP contribution in [0.3, 0.4) is 0 Å². The Bertz CT molecular complexity index is 467. The van der Waals surface area contributed by atoms with Crippen molar-refractivity contribution in [2.24, 2.45) is 5.92 Å². The summed E-state index contributed by atoms with van der Waals surface area (Å²) in [5, 5.41) is 2.88. The van der Waals surface area contributed by atoms with E-state index in [0.717, 1.165) is 31.5 Å². The van der Waals surface area contributed by atoms with E-state index in [4.69, 9.17) is 4.74 Å². The number of ether oxygens (including phenoxy) is 1. The number of carbonyl (C=O) groups excluding carboxylic acids is 1. The number of hydrogen-bond donors (Lipinski definition) is 1. The van der Waals surface area contributed by atoms with Gasteiger partial charge in [0.1, 0.15) is 12.4 Å². The minimum atomic E-state index is -0.145. The number of carbonyl (C=O) groups is 1. The lowest BCUT2D eigenvalue weighted by atomic mass is 9.97. The van der Waals surface area contributed by atoms with Crippen molar-refractivity contribution in [1.82, 2.24) is 10.2 Å². The molecular weight excluding hydrogens is 271 g/mol. The second kappa shape index (κ2) is 8.10. The van der Waals surface area contributed by atoms with Gasteiger partial charge in [-0.15, -0.1) is 0 Å². The number of amides is 1. The van der Waals surface area contributed by atoms with Gasteiger partial charge in [-0.2, -0.15) is 0 Å². The first-order valence-corrected chi connectivity index (χ1v) is 7.40. The lowest BCUT2D eigenvalue weighted by molar-refractivity contribution is -0.125. The van der Waals surface area contributed by atoms with E-state index in [-0.39, 0.29) is 18.3 Å². The average Bonchev–Trinajstić information content (AvgIpc) is 2.48. The van der Waals surface area contributed by atoms with Crippen LogP contribution in [0.2, 0.25) is 0 Å². The van der Waals surface area contributed by atoms with Crippen molar-refractivity contribution in [2.75, 3.05) is 33.4 Å². The highest BCUT2D eigenvalue weighted by atomic mass is 19.1. The van der Waals surface area contributed by atoms with E-state index >= 15 is 0 Å². The summed E-state index contributed by atoms with van der Waals surface area (Å²) in [4.78, 5) is 13.7. The van der Waals surface area contributed by atoms with Crippen LogP contribution in [0.1, 0.15) is 18.4 Å². The summed E-state index contributed by atoms with van der Waals surface area (Å²) in [7, 11) is 1.51. The summed E-state index contributed by atoms with van der Waals surface area (Å²) in [6.45, 7) is 3.27. The molecule has 2 rings (SSSR count). The second-order valence-electron chi connectivity index (χ2n) is 5.57. The molecule has 0 radical (unpaired) electrons. The first-order chi connectivity index (χ1) is 10.2. The van der Waals surface area contributed by atoms with Crippen molar-refractivity contribution in [3.8, 4) is 0 Å². The zero-order chi connectivity index (χ0) is 15.1. The summed E-state index contributed by atoms with van der Waals surface area (Å²) in [5.41, 5.74) is 0.738. The van der Waals surface area contributed by atoms with Gasteiger partial charge in [0.25, 0.3) is 0 Å². The fourth-order valence-electron chi connectivity index (χ4n) is 2.77. The first kappa shape index (κ1) is 15.9. The Labute approximate surface area is 125 Å². The van der Waals surface area contributed by atoms with Crippen molar-refractivity contribution < 1.29 is 13.9 Å². The fraction of sp³-hybridized carbons (Fsp3) is 0.562. The molecule has 0 aliphatic carbocycles. The predicted molar refractivity (Wildman–Crippen MR) is 79.3 cm³/mol. The zero-order valence-electron chi connectivity index (χ0n) is 12.5. The Balaban J connectivity index is 1.81. The van der Waals surface area contributed by atoms with Gasteiger partial charge < -0.3 is 10.1 Å². The third-order valence-electron chi connectivity index (χ3n) is 3.82. The van der Waals surface area contributed by atoms with Gasteiger partial charge in [-0.25, -0.2) is 4.39 Å². The number of rotatable bonds is 6. The smallest absolute Gasteiger partial charge is 0.245 e. The highest BCUT2D eigenvalue weighted by Gasteiger charge is 2.21. The predicted octanol–water partition coefficient (Wildman–Crippen LogP) is 1.80. The molecule has 5 heteroatoms. The molecule has 1 aromatic carbocycles. The van der Waals surface area contributed by atoms with Crippen LogP contribution in [-0.4, -0.2) is 44.2 Å². The largest absolute Gasteiger partial charge is 0.375 e. The maximum atomic E-state index is 13.7. The van der Waals surface area contributed by atoms with Gasteiger partial charge in [-0.3, -0.25) is 9.69 Å². The first-order valence-electron chi connectivity index (χ1n) is 7.40. The van der Waals surface area contributed by atoms with Gasteiger partial charge in [0.05, 0.1) is 0 Å². The molecule has 1 fully saturated rings. The van der Waals surface area contributed by atoms with E-state index in [9.17, 15) is 9.18 Å². The average molecular weight is 294 g/mol. The van der Waals surface area contributed by atoms with Crippen LogP contribution in [0.4, 0.5) is 4.39 Å². The van der Waals surface area contributed by atoms with E-state index < -0.39 is 0 Å². The standard InChI is InChI=1S/C16H23FN2O2/c1-21-12-16(20)18-9-13-5-4-8-19(10-13)11-14-6-2-3-7-15(14)17/h2-3,6-7,13H,4-5,8-12H2,1H3,(H,18,20)/t13-/m1/s1. The van der Waals surface area contributed by atoms with Crippen molar-refractivity contribution in [3.05, 3.63) is 35.6 Å². The van der Waals surface area contributed by atoms with Crippen LogP contribution in [0.25, 0.3) is 0 Å². The van der Waals surface area contributed by atoms with Crippen LogP contribution < -0.4 is 5.32 Å². The van der Waals surface area contributed by atoms with E-state index in [0.29, 0.717) is 19.0 Å². The molecule has 0 bridgehead atoms. The molecule has 1 N–H and O–H groups in total. The third kappa shape index (κ3) is 5.10. The van der Waals surface area contributed by atoms with Gasteiger partial charge in [0, 0.05) is 32.3 Å². The van der Waals surface area contributed by atoms with Crippen molar-refractivity contribution in [2.45, 2.75) is 19.4 Å². The van der Waals surface area contributed by atoms with Gasteiger partial charge >= 0.3 is 0 Å². The third-order valence-corrected chi connectivity index (χ3v) is 3.82. The molecule has 0 unspecified atom stereocenters. The van der Waals surface area contributed by atoms with Gasteiger partial charge in [0.15, 0.2) is 0 Å². The maximum absolute atomic E-state index is 13.7. The molecule has 1 aliphatic rings. The molecule has 0 saturated carbocycles. The summed E-state index contributed by atoms with van der Waals surface area (Å²) in [6, 6.07) is 6.91. The Morgan fingerprint density at radius 2 is 2.29 bits per heavy atom. The number of likely N-dealkylation sites (tertiary alicyclic amines) is 1. The van der Waals surface area contributed by atoms with Crippen molar-refractivity contribution in [1.29, 1.82) is 0 Å². The topological polar surface area (TPSA) is 41.6 Å². The van der Waals surface area contributed by atoms with E-state index in [1.165, 1.54) is 13.2 Å². The Morgan fingerprint density at radius 1 is 1.48 bits per heavy atom. The zero-order valence-corrected chi connectivity index (χ0v) is 12.5. The second-order valence-corrected chi connectivity index (χ2v) is 5.57. The highest BCUT2D eigenvalue weighted by molar-refractivity contribution is 5.77. The fourth-order valence-corrected chi connectivity index (χ4v) is 2.77. The van der Waals surface area contributed by atoms with Crippen molar-refractivity contribution in [3.63, 3.8) is 0 Å². The van der Waals surface area contributed by atoms with E-state index in [1.54, 1.807) is 6.07 Å². The molecule has 1 aliphatic heterocycles. The van der Waals surface area contributed by atoms with E-state index in [2.05, 4.69) is 10.2 Å². The minimum Gasteiger partial charge on any atom is -0.375 e. The molecule has 1 amide bonds. The summed E-state index contributed by atoms with van der Waals surface area (Å²) < 4.78 is 18.5. The van der Waals surface area contributed by atoms with E-state index in [1.807, 2.05) is 12.1 Å². The molecule has 4 nitrogen and oxygen atoms in total. The van der Waals surface area contributed by atoms with Crippen LogP contribution in [0.5, 0.6) is 0 Å². The monoisotopic (exact) mass is 294 g/mol. The van der Waals surface area contributed by atoms with Crippen LogP contribution in [0.15, 0.2) is 24.3 Å². The molecule has 1 atom stereocenters. The van der Waals surface area contributed by atoms with Gasteiger partial charge in [0.2, 0.25) is 5.91 Å². The molecule has 1 heterocycles. The molecule has 116 valence electrons. The Kier molecular flexibility index (Phi) is 6.14. The summed E-state index contributed by atoms with van der Waals surface area (Å²) in [5.74, 6) is 0.197. The highest BCUT2D eigenvalue weighted by Crippen LogP contribution is 2.19. The van der Waals surface area contributed by atoms with Gasteiger partial charge in [-0.05, 0) is 31.4 Å². The van der Waals surface area contributed by atoms with Crippen LogP contribution in [0, 0.1) is 11.7 Å². The quantitative estimate of drug-likeness (QED) is 0.870. The SMILES string of the molecule is COCC(=O)NC[C@H]1CCCN(Cc2ccccc2F)C1. The number of benzene rings is 1. The molecular formula is C16H23FN2O2. The Morgan fingerprint density at radius 3 is 3.05 bits per heavy atom. The van der Waals surface area contributed by atoms with Crippen LogP contribution >= 0.6 is 0 Å². The molecule has 1 aromatic rings. The number of nitrogens with one attached hydrogen (secondary N) is 1. The molecule has 0 spiro atoms. The molecule has 21 heavy (non-hydrogen) atoms.